The van der Waals surface area contributed by atoms with Crippen molar-refractivity contribution in [2.45, 2.75) is 33.4 Å². The number of aromatic carboxylic acids is 1. The van der Waals surface area contributed by atoms with E-state index in [9.17, 15) is 9.90 Å². The van der Waals surface area contributed by atoms with E-state index in [0.717, 1.165) is 24.2 Å². The van der Waals surface area contributed by atoms with Crippen molar-refractivity contribution in [2.75, 3.05) is 6.54 Å². The van der Waals surface area contributed by atoms with Gasteiger partial charge in [0.05, 0.1) is 5.69 Å². The summed E-state index contributed by atoms with van der Waals surface area (Å²) in [6, 6.07) is 0. The molecule has 0 spiro atoms. The van der Waals surface area contributed by atoms with Crippen LogP contribution in [-0.2, 0) is 19.5 Å². The van der Waals surface area contributed by atoms with E-state index in [1.54, 1.807) is 4.68 Å². The van der Waals surface area contributed by atoms with Gasteiger partial charge in [0, 0.05) is 31.6 Å². The first kappa shape index (κ1) is 11.1. The molecule has 5 heteroatoms. The number of carboxylic acids is 1. The highest BCUT2D eigenvalue weighted by Gasteiger charge is 2.24. The minimum Gasteiger partial charge on any atom is -0.477 e. The summed E-state index contributed by atoms with van der Waals surface area (Å²) < 4.78 is 1.64. The highest BCUT2D eigenvalue weighted by molar-refractivity contribution is 5.87. The van der Waals surface area contributed by atoms with Gasteiger partial charge in [0.25, 0.3) is 0 Å². The lowest BCUT2D eigenvalue weighted by Gasteiger charge is -2.11. The van der Waals surface area contributed by atoms with E-state index in [1.807, 2.05) is 0 Å². The lowest BCUT2D eigenvalue weighted by Crippen LogP contribution is -2.24. The van der Waals surface area contributed by atoms with Gasteiger partial charge >= 0.3 is 5.97 Å². The van der Waals surface area contributed by atoms with Gasteiger partial charge in [-0.25, -0.2) is 4.79 Å². The zero-order chi connectivity index (χ0) is 11.7. The van der Waals surface area contributed by atoms with Crippen molar-refractivity contribution < 1.29 is 9.90 Å². The zero-order valence-corrected chi connectivity index (χ0v) is 9.66. The second kappa shape index (κ2) is 4.25. The fraction of sp³-hybridized carbons (Fsp3) is 0.636. The van der Waals surface area contributed by atoms with E-state index < -0.39 is 5.97 Å². The van der Waals surface area contributed by atoms with Gasteiger partial charge in [-0.1, -0.05) is 13.8 Å². The predicted molar refractivity (Wildman–Crippen MR) is 59.4 cm³/mol. The molecule has 0 radical (unpaired) electrons. The zero-order valence-electron chi connectivity index (χ0n) is 9.66. The molecule has 0 aromatic carbocycles. The van der Waals surface area contributed by atoms with E-state index >= 15 is 0 Å². The summed E-state index contributed by atoms with van der Waals surface area (Å²) in [5.41, 5.74) is 2.16. The normalized spacial score (nSPS) is 15.2. The van der Waals surface area contributed by atoms with Crippen LogP contribution in [0.5, 0.6) is 0 Å². The van der Waals surface area contributed by atoms with Crippen molar-refractivity contribution >= 4 is 5.97 Å². The maximum Gasteiger partial charge on any atom is 0.354 e. The molecule has 0 unspecified atom stereocenters. The topological polar surface area (TPSA) is 67.2 Å². The Morgan fingerprint density at radius 1 is 1.62 bits per heavy atom. The Bertz CT molecular complexity index is 410. The van der Waals surface area contributed by atoms with E-state index in [1.165, 1.54) is 0 Å². The molecular weight excluding hydrogens is 206 g/mol. The molecule has 0 saturated carbocycles. The Balaban J connectivity index is 2.43. The van der Waals surface area contributed by atoms with E-state index in [0.29, 0.717) is 24.7 Å². The molecule has 0 amide bonds. The molecule has 0 saturated heterocycles. The van der Waals surface area contributed by atoms with Gasteiger partial charge in [-0.15, -0.1) is 0 Å². The third-order valence-electron chi connectivity index (χ3n) is 2.71. The molecule has 2 N–H and O–H groups in total. The van der Waals surface area contributed by atoms with Crippen molar-refractivity contribution in [3.63, 3.8) is 0 Å². The van der Waals surface area contributed by atoms with Crippen molar-refractivity contribution in [1.82, 2.24) is 15.1 Å². The van der Waals surface area contributed by atoms with Crippen LogP contribution in [0.4, 0.5) is 0 Å². The molecule has 0 atom stereocenters. The number of carbonyl (C=O) groups is 1. The van der Waals surface area contributed by atoms with E-state index in [-0.39, 0.29) is 0 Å². The van der Waals surface area contributed by atoms with E-state index in [4.69, 9.17) is 0 Å². The number of rotatable bonds is 3. The fourth-order valence-corrected chi connectivity index (χ4v) is 2.07. The van der Waals surface area contributed by atoms with Crippen LogP contribution in [0.15, 0.2) is 0 Å². The summed E-state index contributed by atoms with van der Waals surface area (Å²) in [5.74, 6) is -0.481. The second-order valence-electron chi connectivity index (χ2n) is 4.58. The average molecular weight is 223 g/mol. The van der Waals surface area contributed by atoms with Crippen LogP contribution in [0, 0.1) is 5.92 Å². The molecule has 1 aliphatic heterocycles. The van der Waals surface area contributed by atoms with Gasteiger partial charge in [-0.2, -0.15) is 5.10 Å². The summed E-state index contributed by atoms with van der Waals surface area (Å²) in [7, 11) is 0. The number of nitrogens with one attached hydrogen (secondary N) is 1. The number of carboxylic acid groups (broad SMARTS) is 1. The molecule has 2 heterocycles. The van der Waals surface area contributed by atoms with Crippen LogP contribution in [0.1, 0.15) is 35.6 Å². The van der Waals surface area contributed by atoms with Gasteiger partial charge in [-0.3, -0.25) is 4.68 Å². The summed E-state index contributed by atoms with van der Waals surface area (Å²) in [6.45, 7) is 6.28. The molecule has 1 aromatic rings. The third-order valence-corrected chi connectivity index (χ3v) is 2.71. The van der Waals surface area contributed by atoms with Crippen LogP contribution in [0.25, 0.3) is 0 Å². The average Bonchev–Trinajstić information content (AvgIpc) is 2.53. The van der Waals surface area contributed by atoms with Gasteiger partial charge in [0.1, 0.15) is 0 Å². The lowest BCUT2D eigenvalue weighted by molar-refractivity contribution is 0.0680. The molecule has 0 fully saturated rings. The quantitative estimate of drug-likeness (QED) is 0.798. The molecule has 88 valence electrons. The maximum atomic E-state index is 11.2. The molecule has 0 aliphatic carbocycles. The summed E-state index contributed by atoms with van der Waals surface area (Å²) in [5, 5.41) is 16.8. The molecule has 16 heavy (non-hydrogen) atoms. The van der Waals surface area contributed by atoms with Crippen molar-refractivity contribution in [2.24, 2.45) is 5.92 Å². The number of hydrogen-bond donors (Lipinski definition) is 2. The number of aromatic nitrogens is 2. The predicted octanol–water partition coefficient (Wildman–Crippen LogP) is 0.883. The highest BCUT2D eigenvalue weighted by atomic mass is 16.4. The Morgan fingerprint density at radius 2 is 2.38 bits per heavy atom. The smallest absolute Gasteiger partial charge is 0.354 e. The number of fused-ring (bicyclic) bond motifs is 1. The fourth-order valence-electron chi connectivity index (χ4n) is 2.07. The van der Waals surface area contributed by atoms with Gasteiger partial charge in [0.2, 0.25) is 0 Å². The number of hydrogen-bond acceptors (Lipinski definition) is 3. The van der Waals surface area contributed by atoms with Crippen LogP contribution in [-0.4, -0.2) is 27.4 Å². The Hall–Kier alpha value is -1.36. The SMILES string of the molecule is CC(C)Cn1nc2c(c1C(=O)O)CNCC2. The maximum absolute atomic E-state index is 11.2. The minimum atomic E-state index is -0.877. The molecule has 5 nitrogen and oxygen atoms in total. The van der Waals surface area contributed by atoms with Crippen LogP contribution in [0.3, 0.4) is 0 Å². The largest absolute Gasteiger partial charge is 0.477 e. The number of nitrogens with zero attached hydrogens (tertiary/aromatic N) is 2. The minimum absolute atomic E-state index is 0.357. The van der Waals surface area contributed by atoms with Crippen LogP contribution >= 0.6 is 0 Å². The second-order valence-corrected chi connectivity index (χ2v) is 4.58. The van der Waals surface area contributed by atoms with Gasteiger partial charge < -0.3 is 10.4 Å². The highest BCUT2D eigenvalue weighted by Crippen LogP contribution is 2.19. The Morgan fingerprint density at radius 3 is 3.00 bits per heavy atom. The monoisotopic (exact) mass is 223 g/mol. The summed E-state index contributed by atoms with van der Waals surface area (Å²) in [4.78, 5) is 11.2. The molecule has 1 aromatic heterocycles. The van der Waals surface area contributed by atoms with Gasteiger partial charge in [0.15, 0.2) is 5.69 Å². The lowest BCUT2D eigenvalue weighted by atomic mass is 10.1. The molecule has 0 bridgehead atoms. The molecular formula is C11H17N3O2. The third kappa shape index (κ3) is 1.95. The van der Waals surface area contributed by atoms with Crippen molar-refractivity contribution in [3.8, 4) is 0 Å². The Kier molecular flexibility index (Phi) is 2.96. The Labute approximate surface area is 94.5 Å². The first-order chi connectivity index (χ1) is 7.59. The first-order valence-corrected chi connectivity index (χ1v) is 5.62. The van der Waals surface area contributed by atoms with Crippen LogP contribution < -0.4 is 5.32 Å². The summed E-state index contributed by atoms with van der Waals surface area (Å²) in [6.07, 6.45) is 0.820. The van der Waals surface area contributed by atoms with Crippen molar-refractivity contribution in [3.05, 3.63) is 17.0 Å². The summed E-state index contributed by atoms with van der Waals surface area (Å²) >= 11 is 0. The van der Waals surface area contributed by atoms with Gasteiger partial charge in [-0.05, 0) is 5.92 Å². The first-order valence-electron chi connectivity index (χ1n) is 5.62. The standard InChI is InChI=1S/C11H17N3O2/c1-7(2)6-14-10(11(15)16)8-5-12-4-3-9(8)13-14/h7,12H,3-6H2,1-2H3,(H,15,16). The van der Waals surface area contributed by atoms with Crippen LogP contribution in [0.2, 0.25) is 0 Å². The van der Waals surface area contributed by atoms with E-state index in [2.05, 4.69) is 24.3 Å². The van der Waals surface area contributed by atoms with Crippen molar-refractivity contribution in [1.29, 1.82) is 0 Å². The molecule has 2 rings (SSSR count). The molecule has 1 aliphatic rings.